The summed E-state index contributed by atoms with van der Waals surface area (Å²) in [6.07, 6.45) is 0. The Labute approximate surface area is 127 Å². The molecule has 0 radical (unpaired) electrons. The summed E-state index contributed by atoms with van der Waals surface area (Å²) in [6.45, 7) is 4.13. The molecule has 0 saturated heterocycles. The quantitative estimate of drug-likeness (QED) is 0.790. The Morgan fingerprint density at radius 1 is 1.10 bits per heavy atom. The number of aromatic nitrogens is 2. The van der Waals surface area contributed by atoms with Crippen LogP contribution in [0.5, 0.6) is 11.5 Å². The van der Waals surface area contributed by atoms with Crippen molar-refractivity contribution < 1.29 is 9.47 Å². The van der Waals surface area contributed by atoms with E-state index in [2.05, 4.69) is 39.7 Å². The Morgan fingerprint density at radius 2 is 1.85 bits per heavy atom. The van der Waals surface area contributed by atoms with Crippen LogP contribution in [-0.2, 0) is 0 Å². The van der Waals surface area contributed by atoms with E-state index < -0.39 is 0 Å². The van der Waals surface area contributed by atoms with Gasteiger partial charge in [-0.2, -0.15) is 0 Å². The molecule has 2 rings (SSSR count). The summed E-state index contributed by atoms with van der Waals surface area (Å²) in [7, 11) is 3.25. The van der Waals surface area contributed by atoms with Crippen LogP contribution >= 0.6 is 15.9 Å². The highest BCUT2D eigenvalue weighted by Crippen LogP contribution is 2.37. The molecule has 0 fully saturated rings. The van der Waals surface area contributed by atoms with E-state index in [9.17, 15) is 0 Å². The number of nitrogens with zero attached hydrogens (tertiary/aromatic N) is 2. The van der Waals surface area contributed by atoms with E-state index in [0.717, 1.165) is 21.7 Å². The first kappa shape index (κ1) is 14.8. The van der Waals surface area contributed by atoms with E-state index in [-0.39, 0.29) is 5.92 Å². The van der Waals surface area contributed by atoms with E-state index in [0.29, 0.717) is 11.5 Å². The van der Waals surface area contributed by atoms with Crippen molar-refractivity contribution in [3.8, 4) is 22.8 Å². The van der Waals surface area contributed by atoms with Crippen molar-refractivity contribution in [3.63, 3.8) is 0 Å². The number of para-hydroxylation sites is 1. The van der Waals surface area contributed by atoms with Gasteiger partial charge in [-0.05, 0) is 34.1 Å². The Hall–Kier alpha value is -1.62. The Bertz CT molecular complexity index is 615. The maximum Gasteiger partial charge on any atom is 0.170 e. The second-order valence-electron chi connectivity index (χ2n) is 4.63. The Kier molecular flexibility index (Phi) is 4.60. The molecule has 0 atom stereocenters. The standard InChI is InChI=1S/C15H17BrN2O2/c1-9(2)15-17-11(8-13(16)18-15)10-6-5-7-12(19-3)14(10)20-4/h5-9H,1-4H3. The SMILES string of the molecule is COc1cccc(-c2cc(Br)nc(C(C)C)n2)c1OC. The fourth-order valence-electron chi connectivity index (χ4n) is 1.92. The highest BCUT2D eigenvalue weighted by molar-refractivity contribution is 9.10. The van der Waals surface area contributed by atoms with Crippen LogP contribution < -0.4 is 9.47 Å². The zero-order valence-corrected chi connectivity index (χ0v) is 13.6. The summed E-state index contributed by atoms with van der Waals surface area (Å²) < 4.78 is 11.5. The van der Waals surface area contributed by atoms with Crippen molar-refractivity contribution in [2.24, 2.45) is 0 Å². The molecule has 0 unspecified atom stereocenters. The fraction of sp³-hybridized carbons (Fsp3) is 0.333. The minimum atomic E-state index is 0.253. The van der Waals surface area contributed by atoms with Crippen molar-refractivity contribution in [1.29, 1.82) is 0 Å². The number of hydrogen-bond donors (Lipinski definition) is 0. The van der Waals surface area contributed by atoms with Crippen LogP contribution in [0.4, 0.5) is 0 Å². The summed E-state index contributed by atoms with van der Waals surface area (Å²) in [5.74, 6) is 2.41. The minimum absolute atomic E-state index is 0.253. The molecule has 0 spiro atoms. The zero-order chi connectivity index (χ0) is 14.7. The van der Waals surface area contributed by atoms with Crippen molar-refractivity contribution >= 4 is 15.9 Å². The minimum Gasteiger partial charge on any atom is -0.493 e. The van der Waals surface area contributed by atoms with Crippen molar-refractivity contribution in [1.82, 2.24) is 9.97 Å². The lowest BCUT2D eigenvalue weighted by atomic mass is 10.1. The second-order valence-corrected chi connectivity index (χ2v) is 5.44. The van der Waals surface area contributed by atoms with Gasteiger partial charge in [0, 0.05) is 11.5 Å². The summed E-state index contributed by atoms with van der Waals surface area (Å²) in [5.41, 5.74) is 1.70. The van der Waals surface area contributed by atoms with Crippen molar-refractivity contribution in [2.45, 2.75) is 19.8 Å². The molecule has 0 aliphatic heterocycles. The van der Waals surface area contributed by atoms with Crippen LogP contribution in [0.1, 0.15) is 25.6 Å². The summed E-state index contributed by atoms with van der Waals surface area (Å²) in [6, 6.07) is 7.62. The van der Waals surface area contributed by atoms with Gasteiger partial charge >= 0.3 is 0 Å². The van der Waals surface area contributed by atoms with E-state index in [1.54, 1.807) is 14.2 Å². The largest absolute Gasteiger partial charge is 0.493 e. The van der Waals surface area contributed by atoms with Gasteiger partial charge in [0.25, 0.3) is 0 Å². The molecule has 1 heterocycles. The molecule has 0 saturated carbocycles. The van der Waals surface area contributed by atoms with Crippen LogP contribution in [0.15, 0.2) is 28.9 Å². The normalized spacial score (nSPS) is 10.7. The predicted octanol–water partition coefficient (Wildman–Crippen LogP) is 4.05. The molecular formula is C15H17BrN2O2. The van der Waals surface area contributed by atoms with Crippen LogP contribution in [0, 0.1) is 0 Å². The first-order valence-corrected chi connectivity index (χ1v) is 7.12. The molecule has 20 heavy (non-hydrogen) atoms. The summed E-state index contributed by atoms with van der Waals surface area (Å²) in [5, 5.41) is 0. The van der Waals surface area contributed by atoms with E-state index in [1.165, 1.54) is 0 Å². The molecule has 4 nitrogen and oxygen atoms in total. The molecule has 0 aliphatic carbocycles. The van der Waals surface area contributed by atoms with E-state index in [4.69, 9.17) is 9.47 Å². The molecule has 0 bridgehead atoms. The Balaban J connectivity index is 2.62. The molecule has 1 aromatic heterocycles. The van der Waals surface area contributed by atoms with Crippen LogP contribution in [0.25, 0.3) is 11.3 Å². The average Bonchev–Trinajstić information content (AvgIpc) is 2.45. The van der Waals surface area contributed by atoms with Gasteiger partial charge in [0.05, 0.1) is 19.9 Å². The third-order valence-electron chi connectivity index (χ3n) is 2.91. The van der Waals surface area contributed by atoms with Crippen LogP contribution in [0.2, 0.25) is 0 Å². The average molecular weight is 337 g/mol. The molecule has 0 aliphatic rings. The van der Waals surface area contributed by atoms with Crippen molar-refractivity contribution in [2.75, 3.05) is 14.2 Å². The van der Waals surface area contributed by atoms with Gasteiger partial charge in [-0.15, -0.1) is 0 Å². The second kappa shape index (κ2) is 6.22. The van der Waals surface area contributed by atoms with Gasteiger partial charge in [0.2, 0.25) is 0 Å². The first-order chi connectivity index (χ1) is 9.56. The van der Waals surface area contributed by atoms with E-state index in [1.807, 2.05) is 24.3 Å². The molecule has 2 aromatic rings. The molecule has 1 aromatic carbocycles. The lowest BCUT2D eigenvalue weighted by molar-refractivity contribution is 0.356. The highest BCUT2D eigenvalue weighted by Gasteiger charge is 2.15. The van der Waals surface area contributed by atoms with E-state index >= 15 is 0 Å². The van der Waals surface area contributed by atoms with Gasteiger partial charge in [0.15, 0.2) is 11.5 Å². The van der Waals surface area contributed by atoms with Gasteiger partial charge in [-0.3, -0.25) is 0 Å². The predicted molar refractivity (Wildman–Crippen MR) is 82.4 cm³/mol. The van der Waals surface area contributed by atoms with Crippen molar-refractivity contribution in [3.05, 3.63) is 34.7 Å². The number of methoxy groups -OCH3 is 2. The fourth-order valence-corrected chi connectivity index (χ4v) is 2.32. The van der Waals surface area contributed by atoms with Crippen LogP contribution in [-0.4, -0.2) is 24.2 Å². The maximum absolute atomic E-state index is 5.46. The molecule has 0 N–H and O–H groups in total. The lowest BCUT2D eigenvalue weighted by Gasteiger charge is -2.13. The number of hydrogen-bond acceptors (Lipinski definition) is 4. The topological polar surface area (TPSA) is 44.2 Å². The van der Waals surface area contributed by atoms with Gasteiger partial charge < -0.3 is 9.47 Å². The number of rotatable bonds is 4. The zero-order valence-electron chi connectivity index (χ0n) is 12.0. The highest BCUT2D eigenvalue weighted by atomic mass is 79.9. The molecular weight excluding hydrogens is 320 g/mol. The third-order valence-corrected chi connectivity index (χ3v) is 3.31. The number of benzene rings is 1. The Morgan fingerprint density at radius 3 is 2.45 bits per heavy atom. The van der Waals surface area contributed by atoms with Gasteiger partial charge in [-0.25, -0.2) is 9.97 Å². The van der Waals surface area contributed by atoms with Gasteiger partial charge in [-0.1, -0.05) is 19.9 Å². The number of halogens is 1. The number of ether oxygens (including phenoxy) is 2. The molecule has 106 valence electrons. The maximum atomic E-state index is 5.46. The lowest BCUT2D eigenvalue weighted by Crippen LogP contribution is -2.01. The monoisotopic (exact) mass is 336 g/mol. The molecule has 0 amide bonds. The summed E-state index contributed by atoms with van der Waals surface area (Å²) >= 11 is 3.44. The molecule has 5 heteroatoms. The smallest absolute Gasteiger partial charge is 0.170 e. The van der Waals surface area contributed by atoms with Crippen LogP contribution in [0.3, 0.4) is 0 Å². The van der Waals surface area contributed by atoms with Gasteiger partial charge in [0.1, 0.15) is 10.4 Å². The first-order valence-electron chi connectivity index (χ1n) is 6.32. The third kappa shape index (κ3) is 2.93. The summed E-state index contributed by atoms with van der Waals surface area (Å²) in [4.78, 5) is 9.00.